The molecule has 0 aliphatic rings. The molecule has 2 aromatic heterocycles. The number of hydrogen-bond acceptors (Lipinski definition) is 4. The van der Waals surface area contributed by atoms with Gasteiger partial charge < -0.3 is 5.73 Å². The second-order valence-corrected chi connectivity index (χ2v) is 6.71. The lowest BCUT2D eigenvalue weighted by Gasteiger charge is -1.98. The fraction of sp³-hybridized carbons (Fsp3) is 0.182. The van der Waals surface area contributed by atoms with Crippen molar-refractivity contribution in [1.29, 1.82) is 5.26 Å². The van der Waals surface area contributed by atoms with E-state index in [1.54, 1.807) is 11.3 Å². The van der Waals surface area contributed by atoms with Gasteiger partial charge in [-0.1, -0.05) is 6.92 Å². The van der Waals surface area contributed by atoms with Crippen LogP contribution < -0.4 is 5.73 Å². The van der Waals surface area contributed by atoms with Gasteiger partial charge in [-0.3, -0.25) is 0 Å². The molecule has 0 fully saturated rings. The van der Waals surface area contributed by atoms with E-state index in [-0.39, 0.29) is 0 Å². The van der Waals surface area contributed by atoms with Gasteiger partial charge in [-0.2, -0.15) is 5.26 Å². The highest BCUT2D eigenvalue weighted by Gasteiger charge is 2.16. The summed E-state index contributed by atoms with van der Waals surface area (Å²) < 4.78 is 1.09. The van der Waals surface area contributed by atoms with Crippen LogP contribution in [-0.2, 0) is 6.42 Å². The standard InChI is InChI=1S/C11H9BrN2S2/c1-2-6-10(14)8(5-13)16-11(6)7-3-4-9(12)15-7/h3-4H,2,14H2,1H3. The molecular formula is C11H9BrN2S2. The van der Waals surface area contributed by atoms with Gasteiger partial charge in [-0.05, 0) is 40.0 Å². The first-order valence-corrected chi connectivity index (χ1v) is 7.17. The second kappa shape index (κ2) is 4.58. The van der Waals surface area contributed by atoms with Crippen LogP contribution in [0, 0.1) is 11.3 Å². The highest BCUT2D eigenvalue weighted by molar-refractivity contribution is 9.11. The quantitative estimate of drug-likeness (QED) is 0.901. The summed E-state index contributed by atoms with van der Waals surface area (Å²) in [6, 6.07) is 6.22. The highest BCUT2D eigenvalue weighted by atomic mass is 79.9. The molecular weight excluding hydrogens is 304 g/mol. The summed E-state index contributed by atoms with van der Waals surface area (Å²) in [5.74, 6) is 0. The molecule has 16 heavy (non-hydrogen) atoms. The van der Waals surface area contributed by atoms with Crippen molar-refractivity contribution in [3.63, 3.8) is 0 Å². The molecule has 0 aromatic carbocycles. The van der Waals surface area contributed by atoms with E-state index in [2.05, 4.69) is 35.0 Å². The van der Waals surface area contributed by atoms with Crippen LogP contribution in [-0.4, -0.2) is 0 Å². The predicted molar refractivity (Wildman–Crippen MR) is 73.8 cm³/mol. The largest absolute Gasteiger partial charge is 0.397 e. The third kappa shape index (κ3) is 1.88. The van der Waals surface area contributed by atoms with E-state index in [4.69, 9.17) is 11.0 Å². The average Bonchev–Trinajstić information content (AvgIpc) is 2.82. The Morgan fingerprint density at radius 1 is 1.44 bits per heavy atom. The second-order valence-electron chi connectivity index (χ2n) is 3.22. The van der Waals surface area contributed by atoms with Crippen molar-refractivity contribution in [1.82, 2.24) is 0 Å². The minimum Gasteiger partial charge on any atom is -0.397 e. The number of nitrogen functional groups attached to an aromatic ring is 1. The summed E-state index contributed by atoms with van der Waals surface area (Å²) in [5, 5.41) is 8.98. The minimum absolute atomic E-state index is 0.622. The fourth-order valence-corrected chi connectivity index (χ4v) is 4.18. The smallest absolute Gasteiger partial charge is 0.128 e. The summed E-state index contributed by atoms with van der Waals surface area (Å²) >= 11 is 6.59. The third-order valence-electron chi connectivity index (χ3n) is 2.30. The van der Waals surface area contributed by atoms with E-state index in [1.165, 1.54) is 16.2 Å². The molecule has 2 nitrogen and oxygen atoms in total. The summed E-state index contributed by atoms with van der Waals surface area (Å²) in [4.78, 5) is 2.92. The zero-order valence-corrected chi connectivity index (χ0v) is 11.8. The first kappa shape index (κ1) is 11.6. The Kier molecular flexibility index (Phi) is 3.33. The van der Waals surface area contributed by atoms with E-state index in [9.17, 15) is 0 Å². The molecule has 5 heteroatoms. The van der Waals surface area contributed by atoms with Gasteiger partial charge >= 0.3 is 0 Å². The lowest BCUT2D eigenvalue weighted by Crippen LogP contribution is -1.90. The number of nitrogens with two attached hydrogens (primary N) is 1. The Labute approximate surface area is 110 Å². The number of anilines is 1. The number of hydrogen-bond donors (Lipinski definition) is 1. The zero-order chi connectivity index (χ0) is 11.7. The van der Waals surface area contributed by atoms with Gasteiger partial charge in [0.15, 0.2) is 0 Å². The molecule has 0 saturated carbocycles. The molecule has 0 unspecified atom stereocenters. The van der Waals surface area contributed by atoms with E-state index in [0.29, 0.717) is 10.6 Å². The van der Waals surface area contributed by atoms with Crippen molar-refractivity contribution in [2.24, 2.45) is 0 Å². The maximum Gasteiger partial charge on any atom is 0.128 e. The molecule has 0 radical (unpaired) electrons. The molecule has 0 aliphatic heterocycles. The number of rotatable bonds is 2. The van der Waals surface area contributed by atoms with Crippen molar-refractivity contribution < 1.29 is 0 Å². The van der Waals surface area contributed by atoms with Crippen LogP contribution in [0.4, 0.5) is 5.69 Å². The summed E-state index contributed by atoms with van der Waals surface area (Å²) in [6.45, 7) is 2.06. The lowest BCUT2D eigenvalue weighted by molar-refractivity contribution is 1.16. The van der Waals surface area contributed by atoms with Crippen molar-refractivity contribution in [3.05, 3.63) is 26.4 Å². The van der Waals surface area contributed by atoms with Gasteiger partial charge in [-0.25, -0.2) is 0 Å². The molecule has 82 valence electrons. The Morgan fingerprint density at radius 3 is 2.69 bits per heavy atom. The van der Waals surface area contributed by atoms with E-state index >= 15 is 0 Å². The predicted octanol–water partition coefficient (Wildman–Crippen LogP) is 4.26. The van der Waals surface area contributed by atoms with Crippen molar-refractivity contribution in [2.75, 3.05) is 5.73 Å². The average molecular weight is 313 g/mol. The van der Waals surface area contributed by atoms with Crippen molar-refractivity contribution in [3.8, 4) is 15.8 Å². The number of thiophene rings is 2. The van der Waals surface area contributed by atoms with Crippen LogP contribution in [0.15, 0.2) is 15.9 Å². The van der Waals surface area contributed by atoms with Crippen LogP contribution in [0.3, 0.4) is 0 Å². The maximum absolute atomic E-state index is 8.98. The first-order valence-electron chi connectivity index (χ1n) is 4.74. The van der Waals surface area contributed by atoms with Gasteiger partial charge in [0, 0.05) is 4.88 Å². The molecule has 2 rings (SSSR count). The molecule has 0 saturated heterocycles. The summed E-state index contributed by atoms with van der Waals surface area (Å²) in [6.07, 6.45) is 0.856. The molecule has 0 spiro atoms. The first-order chi connectivity index (χ1) is 7.67. The monoisotopic (exact) mass is 312 g/mol. The van der Waals surface area contributed by atoms with Gasteiger partial charge in [-0.15, -0.1) is 22.7 Å². The van der Waals surface area contributed by atoms with Crippen molar-refractivity contribution >= 4 is 44.3 Å². The SMILES string of the molecule is CCc1c(-c2ccc(Br)s2)sc(C#N)c1N. The maximum atomic E-state index is 8.98. The van der Waals surface area contributed by atoms with E-state index < -0.39 is 0 Å². The Morgan fingerprint density at radius 2 is 2.19 bits per heavy atom. The van der Waals surface area contributed by atoms with Crippen molar-refractivity contribution in [2.45, 2.75) is 13.3 Å². The Bertz CT molecular complexity index is 563. The van der Waals surface area contributed by atoms with E-state index in [0.717, 1.165) is 20.6 Å². The van der Waals surface area contributed by atoms with Crippen LogP contribution in [0.2, 0.25) is 0 Å². The van der Waals surface area contributed by atoms with Gasteiger partial charge in [0.25, 0.3) is 0 Å². The third-order valence-corrected chi connectivity index (χ3v) is 5.26. The molecule has 0 atom stereocenters. The van der Waals surface area contributed by atoms with Crippen LogP contribution >= 0.6 is 38.6 Å². The minimum atomic E-state index is 0.622. The topological polar surface area (TPSA) is 49.8 Å². The van der Waals surface area contributed by atoms with Crippen LogP contribution in [0.25, 0.3) is 9.75 Å². The number of nitrogens with zero attached hydrogens (tertiary/aromatic N) is 1. The van der Waals surface area contributed by atoms with Gasteiger partial charge in [0.1, 0.15) is 10.9 Å². The molecule has 0 bridgehead atoms. The Hall–Kier alpha value is -0.830. The Balaban J connectivity index is 2.61. The van der Waals surface area contributed by atoms with Crippen LogP contribution in [0.1, 0.15) is 17.4 Å². The zero-order valence-electron chi connectivity index (χ0n) is 8.58. The molecule has 2 N–H and O–H groups in total. The van der Waals surface area contributed by atoms with Gasteiger partial charge in [0.05, 0.1) is 14.4 Å². The summed E-state index contributed by atoms with van der Waals surface area (Å²) in [7, 11) is 0. The molecule has 2 aromatic rings. The number of halogens is 1. The molecule has 2 heterocycles. The van der Waals surface area contributed by atoms with Gasteiger partial charge in [0.2, 0.25) is 0 Å². The molecule has 0 aliphatic carbocycles. The normalized spacial score (nSPS) is 10.3. The lowest BCUT2D eigenvalue weighted by atomic mass is 10.1. The van der Waals surface area contributed by atoms with E-state index in [1.807, 2.05) is 6.07 Å². The fourth-order valence-electron chi connectivity index (χ4n) is 1.55. The highest BCUT2D eigenvalue weighted by Crippen LogP contribution is 2.42. The number of nitriles is 1. The van der Waals surface area contributed by atoms with Crippen LogP contribution in [0.5, 0.6) is 0 Å². The summed E-state index contributed by atoms with van der Waals surface area (Å²) in [5.41, 5.74) is 7.69. The molecule has 0 amide bonds.